The number of hydrogen-bond acceptors (Lipinski definition) is 6. The van der Waals surface area contributed by atoms with E-state index in [1.54, 1.807) is 61.1 Å². The number of rotatable bonds is 4. The standard InChI is InChI=1S/C18H16N6O3/c1-11(24-14-8-3-4-9-15(14)27-18(24)26)17(25)19-13-7-5-6-12(10-13)16-20-21-22-23(16)2/h3-11H,1-2H3,(H,19,25)/t11-/m1/s1. The topological polar surface area (TPSA) is 108 Å². The molecule has 0 aliphatic heterocycles. The fourth-order valence-electron chi connectivity index (χ4n) is 2.92. The molecule has 0 aliphatic rings. The molecule has 0 radical (unpaired) electrons. The van der Waals surface area contributed by atoms with Crippen LogP contribution in [0.2, 0.25) is 0 Å². The lowest BCUT2D eigenvalue weighted by Crippen LogP contribution is -2.29. The number of nitrogens with zero attached hydrogens (tertiary/aromatic N) is 5. The SMILES string of the molecule is C[C@H](C(=O)Nc1cccc(-c2nnnn2C)c1)n1c(=O)oc2ccccc21. The van der Waals surface area contributed by atoms with Gasteiger partial charge in [-0.1, -0.05) is 24.3 Å². The van der Waals surface area contributed by atoms with Crippen molar-refractivity contribution in [3.63, 3.8) is 0 Å². The summed E-state index contributed by atoms with van der Waals surface area (Å²) in [5.41, 5.74) is 2.36. The number of oxazole rings is 1. The number of aromatic nitrogens is 5. The van der Waals surface area contributed by atoms with E-state index in [4.69, 9.17) is 4.42 Å². The van der Waals surface area contributed by atoms with E-state index in [9.17, 15) is 9.59 Å². The molecule has 9 heteroatoms. The van der Waals surface area contributed by atoms with Crippen LogP contribution in [0.3, 0.4) is 0 Å². The third-order valence-corrected chi connectivity index (χ3v) is 4.29. The van der Waals surface area contributed by atoms with Crippen LogP contribution in [0, 0.1) is 0 Å². The summed E-state index contributed by atoms with van der Waals surface area (Å²) in [5.74, 6) is -0.328. The molecule has 0 aliphatic carbocycles. The molecular weight excluding hydrogens is 348 g/mol. The Kier molecular flexibility index (Phi) is 4.03. The van der Waals surface area contributed by atoms with Crippen LogP contribution < -0.4 is 11.1 Å². The number of anilines is 1. The van der Waals surface area contributed by atoms with E-state index in [1.807, 2.05) is 6.07 Å². The number of carbonyl (C=O) groups is 1. The van der Waals surface area contributed by atoms with Gasteiger partial charge in [-0.2, -0.15) is 0 Å². The van der Waals surface area contributed by atoms with Crippen molar-refractivity contribution in [1.82, 2.24) is 24.8 Å². The van der Waals surface area contributed by atoms with Crippen molar-refractivity contribution >= 4 is 22.7 Å². The van der Waals surface area contributed by atoms with Gasteiger partial charge in [-0.05, 0) is 41.6 Å². The number of aryl methyl sites for hydroxylation is 1. The molecule has 136 valence electrons. The number of para-hydroxylation sites is 2. The number of amides is 1. The third-order valence-electron chi connectivity index (χ3n) is 4.29. The molecule has 0 saturated carbocycles. The van der Waals surface area contributed by atoms with E-state index in [2.05, 4.69) is 20.8 Å². The van der Waals surface area contributed by atoms with Crippen molar-refractivity contribution in [2.75, 3.05) is 5.32 Å². The molecule has 1 N–H and O–H groups in total. The van der Waals surface area contributed by atoms with Gasteiger partial charge in [0.25, 0.3) is 0 Å². The molecule has 2 aromatic carbocycles. The van der Waals surface area contributed by atoms with Gasteiger partial charge in [-0.15, -0.1) is 5.10 Å². The Morgan fingerprint density at radius 1 is 1.19 bits per heavy atom. The molecule has 0 fully saturated rings. The zero-order valence-electron chi connectivity index (χ0n) is 14.7. The zero-order chi connectivity index (χ0) is 19.0. The fraction of sp³-hybridized carbons (Fsp3) is 0.167. The lowest BCUT2D eigenvalue weighted by Gasteiger charge is -2.13. The highest BCUT2D eigenvalue weighted by atomic mass is 16.4. The minimum absolute atomic E-state index is 0.336. The Balaban J connectivity index is 1.62. The molecule has 4 aromatic rings. The summed E-state index contributed by atoms with van der Waals surface area (Å²) in [4.78, 5) is 24.9. The van der Waals surface area contributed by atoms with E-state index in [-0.39, 0.29) is 5.91 Å². The Hall–Kier alpha value is -3.75. The van der Waals surface area contributed by atoms with Crippen LogP contribution in [-0.4, -0.2) is 30.7 Å². The molecule has 0 spiro atoms. The van der Waals surface area contributed by atoms with Crippen LogP contribution in [0.1, 0.15) is 13.0 Å². The second-order valence-electron chi connectivity index (χ2n) is 6.08. The average Bonchev–Trinajstić information content (AvgIpc) is 3.23. The van der Waals surface area contributed by atoms with Crippen molar-refractivity contribution in [2.24, 2.45) is 7.05 Å². The minimum atomic E-state index is -0.749. The highest BCUT2D eigenvalue weighted by molar-refractivity contribution is 5.94. The maximum atomic E-state index is 12.7. The van der Waals surface area contributed by atoms with Gasteiger partial charge in [0.15, 0.2) is 11.4 Å². The van der Waals surface area contributed by atoms with Crippen LogP contribution in [-0.2, 0) is 11.8 Å². The van der Waals surface area contributed by atoms with E-state index in [0.29, 0.717) is 22.6 Å². The molecule has 0 unspecified atom stereocenters. The highest BCUT2D eigenvalue weighted by Gasteiger charge is 2.21. The number of nitrogens with one attached hydrogen (secondary N) is 1. The number of fused-ring (bicyclic) bond motifs is 1. The van der Waals surface area contributed by atoms with Crippen LogP contribution in [0.15, 0.2) is 57.7 Å². The zero-order valence-corrected chi connectivity index (χ0v) is 14.7. The Bertz CT molecular complexity index is 1190. The average molecular weight is 364 g/mol. The molecule has 27 heavy (non-hydrogen) atoms. The second-order valence-corrected chi connectivity index (χ2v) is 6.08. The first-order chi connectivity index (χ1) is 13.0. The summed E-state index contributed by atoms with van der Waals surface area (Å²) >= 11 is 0. The first kappa shape index (κ1) is 16.7. The molecule has 4 rings (SSSR count). The molecule has 0 saturated heterocycles. The molecule has 2 aromatic heterocycles. The van der Waals surface area contributed by atoms with Crippen molar-refractivity contribution in [2.45, 2.75) is 13.0 Å². The summed E-state index contributed by atoms with van der Waals surface area (Å²) in [6.45, 7) is 1.65. The Morgan fingerprint density at radius 2 is 2.00 bits per heavy atom. The van der Waals surface area contributed by atoms with Gasteiger partial charge in [-0.3, -0.25) is 9.36 Å². The van der Waals surface area contributed by atoms with Gasteiger partial charge in [0.1, 0.15) is 6.04 Å². The number of hydrogen-bond donors (Lipinski definition) is 1. The lowest BCUT2D eigenvalue weighted by molar-refractivity contribution is -0.118. The van der Waals surface area contributed by atoms with Gasteiger partial charge < -0.3 is 9.73 Å². The number of benzene rings is 2. The quantitative estimate of drug-likeness (QED) is 0.593. The van der Waals surface area contributed by atoms with Crippen LogP contribution in [0.5, 0.6) is 0 Å². The van der Waals surface area contributed by atoms with E-state index in [0.717, 1.165) is 5.56 Å². The third kappa shape index (κ3) is 2.99. The maximum absolute atomic E-state index is 12.7. The Morgan fingerprint density at radius 3 is 2.78 bits per heavy atom. The fourth-order valence-corrected chi connectivity index (χ4v) is 2.92. The van der Waals surface area contributed by atoms with Gasteiger partial charge >= 0.3 is 5.76 Å². The first-order valence-corrected chi connectivity index (χ1v) is 8.28. The Labute approximate surface area is 153 Å². The highest BCUT2D eigenvalue weighted by Crippen LogP contribution is 2.21. The normalized spacial score (nSPS) is 12.2. The number of carbonyl (C=O) groups excluding carboxylic acids is 1. The molecule has 2 heterocycles. The summed E-state index contributed by atoms with van der Waals surface area (Å²) in [6, 6.07) is 13.4. The van der Waals surface area contributed by atoms with Crippen LogP contribution in [0.25, 0.3) is 22.5 Å². The first-order valence-electron chi connectivity index (χ1n) is 8.28. The second kappa shape index (κ2) is 6.52. The summed E-state index contributed by atoms with van der Waals surface area (Å²) in [7, 11) is 1.74. The number of tetrazole rings is 1. The van der Waals surface area contributed by atoms with Gasteiger partial charge in [0.05, 0.1) is 5.52 Å². The van der Waals surface area contributed by atoms with E-state index >= 15 is 0 Å². The summed E-state index contributed by atoms with van der Waals surface area (Å²) in [6.07, 6.45) is 0. The molecule has 9 nitrogen and oxygen atoms in total. The summed E-state index contributed by atoms with van der Waals surface area (Å²) in [5, 5.41) is 14.2. The predicted molar refractivity (Wildman–Crippen MR) is 98.0 cm³/mol. The van der Waals surface area contributed by atoms with Crippen molar-refractivity contribution in [1.29, 1.82) is 0 Å². The molecule has 1 atom stereocenters. The van der Waals surface area contributed by atoms with Gasteiger partial charge in [-0.25, -0.2) is 9.48 Å². The van der Waals surface area contributed by atoms with E-state index in [1.165, 1.54) is 4.57 Å². The predicted octanol–water partition coefficient (Wildman–Crippen LogP) is 1.98. The van der Waals surface area contributed by atoms with Crippen LogP contribution >= 0.6 is 0 Å². The largest absolute Gasteiger partial charge is 0.420 e. The van der Waals surface area contributed by atoms with E-state index < -0.39 is 11.8 Å². The minimum Gasteiger partial charge on any atom is -0.408 e. The maximum Gasteiger partial charge on any atom is 0.420 e. The van der Waals surface area contributed by atoms with Crippen molar-refractivity contribution in [3.8, 4) is 11.4 Å². The molecular formula is C18H16N6O3. The van der Waals surface area contributed by atoms with Gasteiger partial charge in [0, 0.05) is 18.3 Å². The molecule has 0 bridgehead atoms. The lowest BCUT2D eigenvalue weighted by atomic mass is 10.2. The van der Waals surface area contributed by atoms with Crippen molar-refractivity contribution < 1.29 is 9.21 Å². The smallest absolute Gasteiger partial charge is 0.408 e. The molecule has 1 amide bonds. The van der Waals surface area contributed by atoms with Gasteiger partial charge in [0.2, 0.25) is 5.91 Å². The monoisotopic (exact) mass is 364 g/mol. The van der Waals surface area contributed by atoms with Crippen LogP contribution in [0.4, 0.5) is 5.69 Å². The van der Waals surface area contributed by atoms with Crippen molar-refractivity contribution in [3.05, 3.63) is 59.1 Å². The summed E-state index contributed by atoms with van der Waals surface area (Å²) < 4.78 is 8.08.